The smallest absolute Gasteiger partial charge is 0.258 e. The van der Waals surface area contributed by atoms with Gasteiger partial charge in [0.1, 0.15) is 11.6 Å². The minimum Gasteiger partial charge on any atom is -0.409 e. The third-order valence-electron chi connectivity index (χ3n) is 2.73. The highest BCUT2D eigenvalue weighted by Crippen LogP contribution is 2.17. The topological polar surface area (TPSA) is 87.7 Å². The van der Waals surface area contributed by atoms with Crippen molar-refractivity contribution in [3.63, 3.8) is 0 Å². The molecule has 0 saturated carbocycles. The van der Waals surface area contributed by atoms with Crippen LogP contribution in [0.3, 0.4) is 0 Å². The zero-order chi connectivity index (χ0) is 15.4. The minimum atomic E-state index is -0.978. The van der Waals surface area contributed by atoms with Crippen molar-refractivity contribution in [2.24, 2.45) is 10.9 Å². The minimum absolute atomic E-state index is 0.203. The van der Waals surface area contributed by atoms with Crippen LogP contribution in [0.15, 0.2) is 47.6 Å². The molecule has 2 aromatic rings. The van der Waals surface area contributed by atoms with E-state index in [-0.39, 0.29) is 22.6 Å². The van der Waals surface area contributed by atoms with E-state index in [1.54, 1.807) is 12.1 Å². The molecule has 0 spiro atoms. The molecule has 0 aliphatic carbocycles. The van der Waals surface area contributed by atoms with Gasteiger partial charge >= 0.3 is 0 Å². The summed E-state index contributed by atoms with van der Waals surface area (Å²) in [6.45, 7) is 0. The maximum atomic E-state index is 13.5. The van der Waals surface area contributed by atoms with Crippen LogP contribution in [0, 0.1) is 11.6 Å². The summed E-state index contributed by atoms with van der Waals surface area (Å²) >= 11 is 0. The number of nitrogens with zero attached hydrogens (tertiary/aromatic N) is 1. The Morgan fingerprint density at radius 2 is 1.86 bits per heavy atom. The lowest BCUT2D eigenvalue weighted by Gasteiger charge is -2.10. The van der Waals surface area contributed by atoms with E-state index in [1.165, 1.54) is 12.1 Å². The third-order valence-corrected chi connectivity index (χ3v) is 2.73. The molecule has 0 fully saturated rings. The molecule has 1 amide bonds. The van der Waals surface area contributed by atoms with E-state index >= 15 is 0 Å². The van der Waals surface area contributed by atoms with Crippen LogP contribution in [0.4, 0.5) is 14.5 Å². The lowest BCUT2D eigenvalue weighted by Crippen LogP contribution is -2.19. The Morgan fingerprint density at radius 3 is 2.52 bits per heavy atom. The maximum Gasteiger partial charge on any atom is 0.258 e. The van der Waals surface area contributed by atoms with Crippen molar-refractivity contribution in [3.8, 4) is 0 Å². The molecule has 0 atom stereocenters. The number of amides is 1. The van der Waals surface area contributed by atoms with Crippen molar-refractivity contribution < 1.29 is 18.8 Å². The van der Waals surface area contributed by atoms with Gasteiger partial charge in [-0.15, -0.1) is 0 Å². The molecule has 4 N–H and O–H groups in total. The van der Waals surface area contributed by atoms with Gasteiger partial charge in [0.05, 0.1) is 11.3 Å². The van der Waals surface area contributed by atoms with Gasteiger partial charge < -0.3 is 16.3 Å². The number of nitrogens with one attached hydrogen (secondary N) is 1. The number of carbonyl (C=O) groups excluding carboxylic acids is 1. The lowest BCUT2D eigenvalue weighted by atomic mass is 10.1. The molecular weight excluding hydrogens is 280 g/mol. The zero-order valence-corrected chi connectivity index (χ0v) is 10.7. The molecule has 0 aromatic heterocycles. The van der Waals surface area contributed by atoms with Gasteiger partial charge in [-0.25, -0.2) is 8.78 Å². The summed E-state index contributed by atoms with van der Waals surface area (Å²) in [5, 5.41) is 14.0. The predicted octanol–water partition coefficient (Wildman–Crippen LogP) is 2.31. The van der Waals surface area contributed by atoms with Crippen LogP contribution in [0.25, 0.3) is 0 Å². The van der Waals surface area contributed by atoms with E-state index in [1.807, 2.05) is 0 Å². The molecule has 2 aromatic carbocycles. The fraction of sp³-hybridized carbons (Fsp3) is 0. The number of anilines is 1. The van der Waals surface area contributed by atoms with Gasteiger partial charge in [0, 0.05) is 11.6 Å². The van der Waals surface area contributed by atoms with Gasteiger partial charge in [-0.2, -0.15) is 0 Å². The first-order valence-corrected chi connectivity index (χ1v) is 5.86. The largest absolute Gasteiger partial charge is 0.409 e. The standard InChI is InChI=1S/C14H11F2N3O2/c15-8-5-6-9(11(16)7-8)14(20)18-12-4-2-1-3-10(12)13(17)19-21/h1-7,21H,(H2,17,19)(H,18,20). The molecule has 0 unspecified atom stereocenters. The van der Waals surface area contributed by atoms with Crippen molar-refractivity contribution >= 4 is 17.4 Å². The molecule has 2 rings (SSSR count). The molecule has 7 heteroatoms. The van der Waals surface area contributed by atoms with Gasteiger partial charge in [0.25, 0.3) is 5.91 Å². The Hall–Kier alpha value is -2.96. The van der Waals surface area contributed by atoms with E-state index in [0.717, 1.165) is 12.1 Å². The SMILES string of the molecule is N/C(=N/O)c1ccccc1NC(=O)c1ccc(F)cc1F. The van der Waals surface area contributed by atoms with E-state index in [2.05, 4.69) is 10.5 Å². The summed E-state index contributed by atoms with van der Waals surface area (Å²) < 4.78 is 26.4. The second-order valence-electron chi connectivity index (χ2n) is 4.11. The summed E-state index contributed by atoms with van der Waals surface area (Å²) in [5.41, 5.74) is 5.68. The number of benzene rings is 2. The van der Waals surface area contributed by atoms with E-state index in [4.69, 9.17) is 10.9 Å². The number of para-hydroxylation sites is 1. The predicted molar refractivity (Wildman–Crippen MR) is 73.3 cm³/mol. The van der Waals surface area contributed by atoms with Crippen LogP contribution in [-0.2, 0) is 0 Å². The normalized spacial score (nSPS) is 11.2. The van der Waals surface area contributed by atoms with Crippen molar-refractivity contribution in [2.45, 2.75) is 0 Å². The molecule has 0 heterocycles. The lowest BCUT2D eigenvalue weighted by molar-refractivity contribution is 0.102. The Kier molecular flexibility index (Phi) is 4.13. The molecule has 0 bridgehead atoms. The molecule has 0 radical (unpaired) electrons. The molecule has 0 saturated heterocycles. The van der Waals surface area contributed by atoms with Gasteiger partial charge in [0.15, 0.2) is 5.84 Å². The first kappa shape index (κ1) is 14.4. The average Bonchev–Trinajstić information content (AvgIpc) is 2.46. The summed E-state index contributed by atoms with van der Waals surface area (Å²) in [4.78, 5) is 12.0. The number of rotatable bonds is 3. The van der Waals surface area contributed by atoms with E-state index in [9.17, 15) is 13.6 Å². The summed E-state index contributed by atoms with van der Waals surface area (Å²) in [7, 11) is 0. The quantitative estimate of drug-likeness (QED) is 0.351. The Balaban J connectivity index is 2.32. The van der Waals surface area contributed by atoms with E-state index in [0.29, 0.717) is 6.07 Å². The number of hydrogen-bond acceptors (Lipinski definition) is 3. The van der Waals surface area contributed by atoms with E-state index < -0.39 is 17.5 Å². The third kappa shape index (κ3) is 3.14. The van der Waals surface area contributed by atoms with Crippen molar-refractivity contribution in [1.82, 2.24) is 0 Å². The van der Waals surface area contributed by atoms with Crippen LogP contribution in [0.2, 0.25) is 0 Å². The van der Waals surface area contributed by atoms with Gasteiger partial charge in [-0.1, -0.05) is 17.3 Å². The van der Waals surface area contributed by atoms with Crippen molar-refractivity contribution in [2.75, 3.05) is 5.32 Å². The van der Waals surface area contributed by atoms with Gasteiger partial charge in [-0.3, -0.25) is 4.79 Å². The number of oxime groups is 1. The highest BCUT2D eigenvalue weighted by atomic mass is 19.1. The monoisotopic (exact) mass is 291 g/mol. The summed E-state index contributed by atoms with van der Waals surface area (Å²) in [6.07, 6.45) is 0. The van der Waals surface area contributed by atoms with Crippen LogP contribution in [0.1, 0.15) is 15.9 Å². The molecule has 0 aliphatic rings. The number of nitrogens with two attached hydrogens (primary N) is 1. The highest BCUT2D eigenvalue weighted by Gasteiger charge is 2.15. The summed E-state index contributed by atoms with van der Waals surface area (Å²) in [6, 6.07) is 8.90. The molecule has 21 heavy (non-hydrogen) atoms. The molecule has 108 valence electrons. The van der Waals surface area contributed by atoms with Gasteiger partial charge in [-0.05, 0) is 24.3 Å². The van der Waals surface area contributed by atoms with Gasteiger partial charge in [0.2, 0.25) is 0 Å². The second kappa shape index (κ2) is 6.00. The van der Waals surface area contributed by atoms with Crippen molar-refractivity contribution in [1.29, 1.82) is 0 Å². The number of halogens is 2. The van der Waals surface area contributed by atoms with Crippen LogP contribution < -0.4 is 11.1 Å². The highest BCUT2D eigenvalue weighted by molar-refractivity contribution is 6.09. The van der Waals surface area contributed by atoms with Crippen LogP contribution in [-0.4, -0.2) is 17.0 Å². The Labute approximate surface area is 118 Å². The number of carbonyl (C=O) groups is 1. The first-order chi connectivity index (χ1) is 10.0. The first-order valence-electron chi connectivity index (χ1n) is 5.86. The summed E-state index contributed by atoms with van der Waals surface area (Å²) in [5.74, 6) is -2.73. The molecule has 0 aliphatic heterocycles. The van der Waals surface area contributed by atoms with Crippen LogP contribution in [0.5, 0.6) is 0 Å². The Bertz CT molecular complexity index is 717. The molecule has 5 nitrogen and oxygen atoms in total. The molecular formula is C14H11F2N3O2. The van der Waals surface area contributed by atoms with Crippen LogP contribution >= 0.6 is 0 Å². The number of hydrogen-bond donors (Lipinski definition) is 3. The number of amidine groups is 1. The Morgan fingerprint density at radius 1 is 1.14 bits per heavy atom. The maximum absolute atomic E-state index is 13.5. The fourth-order valence-electron chi connectivity index (χ4n) is 1.73. The average molecular weight is 291 g/mol. The second-order valence-corrected chi connectivity index (χ2v) is 4.11. The zero-order valence-electron chi connectivity index (χ0n) is 10.7. The van der Waals surface area contributed by atoms with Crippen molar-refractivity contribution in [3.05, 3.63) is 65.2 Å². The fourth-order valence-corrected chi connectivity index (χ4v) is 1.73.